The van der Waals surface area contributed by atoms with E-state index in [-0.39, 0.29) is 11.9 Å². The molecule has 0 aliphatic rings. The van der Waals surface area contributed by atoms with Crippen molar-refractivity contribution < 1.29 is 4.79 Å². The van der Waals surface area contributed by atoms with Gasteiger partial charge in [-0.25, -0.2) is 9.97 Å². The SMILES string of the molecule is CCC(C)Nc1nccc(C(=O)NCCc2ccc(Cl)cc2)n1. The molecule has 1 unspecified atom stereocenters. The number of nitrogens with zero attached hydrogens (tertiary/aromatic N) is 2. The fourth-order valence-electron chi connectivity index (χ4n) is 1.94. The van der Waals surface area contributed by atoms with E-state index in [1.54, 1.807) is 12.3 Å². The van der Waals surface area contributed by atoms with Crippen LogP contribution in [0.1, 0.15) is 36.3 Å². The molecule has 0 saturated heterocycles. The summed E-state index contributed by atoms with van der Waals surface area (Å²) in [5.41, 5.74) is 1.48. The number of aromatic nitrogens is 2. The zero-order valence-corrected chi connectivity index (χ0v) is 14.1. The van der Waals surface area contributed by atoms with E-state index >= 15 is 0 Å². The van der Waals surface area contributed by atoms with E-state index < -0.39 is 0 Å². The third-order valence-electron chi connectivity index (χ3n) is 3.49. The summed E-state index contributed by atoms with van der Waals surface area (Å²) in [5.74, 6) is 0.276. The number of rotatable bonds is 7. The van der Waals surface area contributed by atoms with Gasteiger partial charge in [-0.2, -0.15) is 0 Å². The van der Waals surface area contributed by atoms with Crippen molar-refractivity contribution >= 4 is 23.5 Å². The van der Waals surface area contributed by atoms with Crippen LogP contribution in [0, 0.1) is 0 Å². The van der Waals surface area contributed by atoms with Gasteiger partial charge in [-0.15, -0.1) is 0 Å². The quantitative estimate of drug-likeness (QED) is 0.816. The molecule has 1 atom stereocenters. The first-order chi connectivity index (χ1) is 11.1. The van der Waals surface area contributed by atoms with Gasteiger partial charge in [-0.05, 0) is 43.5 Å². The number of hydrogen-bond acceptors (Lipinski definition) is 4. The van der Waals surface area contributed by atoms with E-state index in [1.165, 1.54) is 0 Å². The highest BCUT2D eigenvalue weighted by Gasteiger charge is 2.09. The van der Waals surface area contributed by atoms with Crippen molar-refractivity contribution in [3.8, 4) is 0 Å². The molecular weight excluding hydrogens is 312 g/mol. The maximum Gasteiger partial charge on any atom is 0.270 e. The average molecular weight is 333 g/mol. The standard InChI is InChI=1S/C17H21ClN4O/c1-3-12(2)21-17-20-11-9-15(22-17)16(23)19-10-8-13-4-6-14(18)7-5-13/h4-7,9,11-12H,3,8,10H2,1-2H3,(H,19,23)(H,20,21,22). The van der Waals surface area contributed by atoms with Crippen molar-refractivity contribution in [2.45, 2.75) is 32.7 Å². The van der Waals surface area contributed by atoms with Gasteiger partial charge in [0.05, 0.1) is 0 Å². The molecule has 1 heterocycles. The topological polar surface area (TPSA) is 66.9 Å². The summed E-state index contributed by atoms with van der Waals surface area (Å²) in [6, 6.07) is 9.46. The highest BCUT2D eigenvalue weighted by Crippen LogP contribution is 2.09. The molecule has 0 bridgehead atoms. The van der Waals surface area contributed by atoms with Gasteiger partial charge in [0, 0.05) is 23.8 Å². The van der Waals surface area contributed by atoms with Gasteiger partial charge in [0.15, 0.2) is 0 Å². The van der Waals surface area contributed by atoms with Gasteiger partial charge in [0.1, 0.15) is 5.69 Å². The summed E-state index contributed by atoms with van der Waals surface area (Å²) in [6.07, 6.45) is 3.29. The fraction of sp³-hybridized carbons (Fsp3) is 0.353. The Morgan fingerprint density at radius 3 is 2.70 bits per heavy atom. The minimum Gasteiger partial charge on any atom is -0.352 e. The van der Waals surface area contributed by atoms with E-state index in [0.717, 1.165) is 18.4 Å². The molecule has 6 heteroatoms. The monoisotopic (exact) mass is 332 g/mol. The zero-order chi connectivity index (χ0) is 16.7. The van der Waals surface area contributed by atoms with Crippen molar-refractivity contribution in [2.24, 2.45) is 0 Å². The molecule has 23 heavy (non-hydrogen) atoms. The highest BCUT2D eigenvalue weighted by molar-refractivity contribution is 6.30. The van der Waals surface area contributed by atoms with Gasteiger partial charge in [0.2, 0.25) is 5.95 Å². The summed E-state index contributed by atoms with van der Waals surface area (Å²) >= 11 is 5.85. The minimum absolute atomic E-state index is 0.200. The van der Waals surface area contributed by atoms with Crippen LogP contribution in [0.5, 0.6) is 0 Å². The van der Waals surface area contributed by atoms with Crippen molar-refractivity contribution in [3.63, 3.8) is 0 Å². The van der Waals surface area contributed by atoms with Gasteiger partial charge in [-0.1, -0.05) is 30.7 Å². The summed E-state index contributed by atoms with van der Waals surface area (Å²) in [7, 11) is 0. The first-order valence-corrected chi connectivity index (χ1v) is 8.08. The maximum atomic E-state index is 12.1. The third kappa shape index (κ3) is 5.53. The molecule has 2 aromatic rings. The van der Waals surface area contributed by atoms with Crippen LogP contribution in [0.25, 0.3) is 0 Å². The average Bonchev–Trinajstić information content (AvgIpc) is 2.56. The van der Waals surface area contributed by atoms with Crippen LogP contribution in [0.2, 0.25) is 5.02 Å². The molecule has 5 nitrogen and oxygen atoms in total. The summed E-state index contributed by atoms with van der Waals surface area (Å²) in [6.45, 7) is 4.66. The van der Waals surface area contributed by atoms with Crippen LogP contribution in [-0.2, 0) is 6.42 Å². The Bertz CT molecular complexity index is 645. The van der Waals surface area contributed by atoms with E-state index in [0.29, 0.717) is 23.2 Å². The van der Waals surface area contributed by atoms with Crippen molar-refractivity contribution in [1.29, 1.82) is 0 Å². The van der Waals surface area contributed by atoms with Crippen LogP contribution in [0.4, 0.5) is 5.95 Å². The molecule has 2 rings (SSSR count). The smallest absolute Gasteiger partial charge is 0.270 e. The van der Waals surface area contributed by atoms with Crippen LogP contribution in [0.3, 0.4) is 0 Å². The largest absolute Gasteiger partial charge is 0.352 e. The molecular formula is C17H21ClN4O. The van der Waals surface area contributed by atoms with Gasteiger partial charge >= 0.3 is 0 Å². The molecule has 1 aromatic heterocycles. The van der Waals surface area contributed by atoms with Crippen LogP contribution in [-0.4, -0.2) is 28.5 Å². The van der Waals surface area contributed by atoms with Crippen LogP contribution in [0.15, 0.2) is 36.5 Å². The Morgan fingerprint density at radius 2 is 2.00 bits per heavy atom. The Balaban J connectivity index is 1.87. The summed E-state index contributed by atoms with van der Waals surface area (Å²) < 4.78 is 0. The number of nitrogens with one attached hydrogen (secondary N) is 2. The van der Waals surface area contributed by atoms with Crippen molar-refractivity contribution in [2.75, 3.05) is 11.9 Å². The second kappa shape index (κ2) is 8.48. The maximum absolute atomic E-state index is 12.1. The molecule has 0 fully saturated rings. The van der Waals surface area contributed by atoms with E-state index in [4.69, 9.17) is 11.6 Å². The van der Waals surface area contributed by atoms with Crippen molar-refractivity contribution in [1.82, 2.24) is 15.3 Å². The number of halogens is 1. The fourth-order valence-corrected chi connectivity index (χ4v) is 2.07. The van der Waals surface area contributed by atoms with Crippen LogP contribution < -0.4 is 10.6 Å². The number of carbonyl (C=O) groups is 1. The van der Waals surface area contributed by atoms with Crippen molar-refractivity contribution in [3.05, 3.63) is 52.8 Å². The van der Waals surface area contributed by atoms with Crippen LogP contribution >= 0.6 is 11.6 Å². The lowest BCUT2D eigenvalue weighted by molar-refractivity contribution is 0.0949. The number of anilines is 1. The predicted molar refractivity (Wildman–Crippen MR) is 92.9 cm³/mol. The lowest BCUT2D eigenvalue weighted by Crippen LogP contribution is -2.27. The molecule has 0 aliphatic heterocycles. The third-order valence-corrected chi connectivity index (χ3v) is 3.74. The predicted octanol–water partition coefficient (Wildman–Crippen LogP) is 3.31. The Morgan fingerprint density at radius 1 is 1.26 bits per heavy atom. The molecule has 0 radical (unpaired) electrons. The molecule has 0 spiro atoms. The number of amides is 1. The lowest BCUT2D eigenvalue weighted by atomic mass is 10.1. The number of benzene rings is 1. The first-order valence-electron chi connectivity index (χ1n) is 7.70. The molecule has 0 aliphatic carbocycles. The Kier molecular flexibility index (Phi) is 6.35. The lowest BCUT2D eigenvalue weighted by Gasteiger charge is -2.11. The highest BCUT2D eigenvalue weighted by atomic mass is 35.5. The summed E-state index contributed by atoms with van der Waals surface area (Å²) in [4.78, 5) is 20.5. The molecule has 0 saturated carbocycles. The number of hydrogen-bond donors (Lipinski definition) is 2. The zero-order valence-electron chi connectivity index (χ0n) is 13.3. The molecule has 1 amide bonds. The number of carbonyl (C=O) groups excluding carboxylic acids is 1. The molecule has 2 N–H and O–H groups in total. The van der Waals surface area contributed by atoms with Gasteiger partial charge in [0.25, 0.3) is 5.91 Å². The van der Waals surface area contributed by atoms with Gasteiger partial charge < -0.3 is 10.6 Å². The molecule has 122 valence electrons. The minimum atomic E-state index is -0.200. The van der Waals surface area contributed by atoms with Gasteiger partial charge in [-0.3, -0.25) is 4.79 Å². The Labute approximate surface area is 141 Å². The second-order valence-electron chi connectivity index (χ2n) is 5.35. The Hall–Kier alpha value is -2.14. The molecule has 1 aromatic carbocycles. The van der Waals surface area contributed by atoms with E-state index in [2.05, 4.69) is 27.5 Å². The van der Waals surface area contributed by atoms with E-state index in [9.17, 15) is 4.79 Å². The normalized spacial score (nSPS) is 11.8. The first kappa shape index (κ1) is 17.2. The summed E-state index contributed by atoms with van der Waals surface area (Å²) in [5, 5.41) is 6.73. The van der Waals surface area contributed by atoms with E-state index in [1.807, 2.05) is 31.2 Å². The second-order valence-corrected chi connectivity index (χ2v) is 5.79.